The molecule has 2 aromatic rings. The number of likely N-dealkylation sites (tertiary alicyclic amines) is 1. The van der Waals surface area contributed by atoms with Crippen molar-refractivity contribution in [1.82, 2.24) is 14.9 Å². The molecule has 0 bridgehead atoms. The summed E-state index contributed by atoms with van der Waals surface area (Å²) < 4.78 is 5.30. The molecule has 0 unspecified atom stereocenters. The number of anilines is 1. The lowest BCUT2D eigenvalue weighted by Crippen LogP contribution is -2.44. The first-order valence-corrected chi connectivity index (χ1v) is 12.2. The van der Waals surface area contributed by atoms with E-state index in [2.05, 4.69) is 28.9 Å². The summed E-state index contributed by atoms with van der Waals surface area (Å²) in [6, 6.07) is 8.31. The van der Waals surface area contributed by atoms with Gasteiger partial charge in [-0.25, -0.2) is 9.97 Å². The lowest BCUT2D eigenvalue weighted by atomic mass is 9.83. The van der Waals surface area contributed by atoms with E-state index >= 15 is 0 Å². The number of carbonyl (C=O) groups excluding carboxylic acids is 1. The number of rotatable bonds is 5. The third kappa shape index (κ3) is 4.19. The van der Waals surface area contributed by atoms with E-state index in [4.69, 9.17) is 14.7 Å². The Bertz CT molecular complexity index is 971. The topological polar surface area (TPSA) is 58.6 Å². The molecule has 1 atom stereocenters. The zero-order valence-corrected chi connectivity index (χ0v) is 19.3. The first-order valence-electron chi connectivity index (χ1n) is 12.2. The van der Waals surface area contributed by atoms with Gasteiger partial charge >= 0.3 is 0 Å². The van der Waals surface area contributed by atoms with Gasteiger partial charge in [0.15, 0.2) is 0 Å². The smallest absolute Gasteiger partial charge is 0.225 e. The molecule has 1 aromatic carbocycles. The Morgan fingerprint density at radius 2 is 1.88 bits per heavy atom. The molecule has 6 heteroatoms. The molecule has 2 fully saturated rings. The van der Waals surface area contributed by atoms with Gasteiger partial charge in [0.05, 0.1) is 7.11 Å². The van der Waals surface area contributed by atoms with Gasteiger partial charge in [0, 0.05) is 49.3 Å². The van der Waals surface area contributed by atoms with E-state index in [1.807, 2.05) is 12.1 Å². The van der Waals surface area contributed by atoms with Crippen LogP contribution in [0.5, 0.6) is 5.75 Å². The number of methoxy groups -OCH3 is 1. The number of benzene rings is 1. The number of aromatic nitrogens is 2. The molecule has 3 heterocycles. The molecule has 1 aromatic heterocycles. The highest BCUT2D eigenvalue weighted by Gasteiger charge is 2.34. The summed E-state index contributed by atoms with van der Waals surface area (Å²) in [6.45, 7) is 5.63. The Kier molecular flexibility index (Phi) is 6.03. The second-order valence-corrected chi connectivity index (χ2v) is 9.59. The van der Waals surface area contributed by atoms with Crippen LogP contribution in [0.3, 0.4) is 0 Å². The van der Waals surface area contributed by atoms with E-state index in [9.17, 15) is 4.79 Å². The summed E-state index contributed by atoms with van der Waals surface area (Å²) in [5.74, 6) is 3.76. The summed E-state index contributed by atoms with van der Waals surface area (Å²) in [7, 11) is 1.70. The number of hydrogen-bond donors (Lipinski definition) is 0. The highest BCUT2D eigenvalue weighted by atomic mass is 16.5. The minimum absolute atomic E-state index is 0.238. The summed E-state index contributed by atoms with van der Waals surface area (Å²) in [5.41, 5.74) is 3.64. The largest absolute Gasteiger partial charge is 0.497 e. The number of fused-ring (bicyclic) bond motifs is 1. The molecule has 170 valence electrons. The van der Waals surface area contributed by atoms with Crippen molar-refractivity contribution in [1.29, 1.82) is 0 Å². The third-order valence-electron chi connectivity index (χ3n) is 7.45. The van der Waals surface area contributed by atoms with Crippen LogP contribution in [-0.4, -0.2) is 47.5 Å². The van der Waals surface area contributed by atoms with E-state index < -0.39 is 0 Å². The Balaban J connectivity index is 1.37. The van der Waals surface area contributed by atoms with Crippen LogP contribution < -0.4 is 9.64 Å². The van der Waals surface area contributed by atoms with Gasteiger partial charge in [0.1, 0.15) is 17.4 Å². The minimum Gasteiger partial charge on any atom is -0.497 e. The van der Waals surface area contributed by atoms with Crippen molar-refractivity contribution in [3.8, 4) is 5.75 Å². The van der Waals surface area contributed by atoms with Gasteiger partial charge < -0.3 is 14.5 Å². The van der Waals surface area contributed by atoms with Gasteiger partial charge in [-0.05, 0) is 63.1 Å². The Morgan fingerprint density at radius 3 is 2.59 bits per heavy atom. The van der Waals surface area contributed by atoms with Gasteiger partial charge in [-0.1, -0.05) is 18.6 Å². The lowest BCUT2D eigenvalue weighted by Gasteiger charge is -2.37. The molecule has 5 rings (SSSR count). The highest BCUT2D eigenvalue weighted by Crippen LogP contribution is 2.34. The first kappa shape index (κ1) is 21.2. The summed E-state index contributed by atoms with van der Waals surface area (Å²) in [5, 5.41) is 0. The molecule has 1 aliphatic carbocycles. The number of nitrogens with zero attached hydrogens (tertiary/aromatic N) is 4. The van der Waals surface area contributed by atoms with Crippen molar-refractivity contribution < 1.29 is 9.53 Å². The van der Waals surface area contributed by atoms with E-state index in [-0.39, 0.29) is 11.8 Å². The van der Waals surface area contributed by atoms with Crippen LogP contribution in [0.15, 0.2) is 24.3 Å². The number of piperidine rings is 1. The molecule has 0 spiro atoms. The molecule has 0 N–H and O–H groups in total. The minimum atomic E-state index is 0.238. The zero-order valence-electron chi connectivity index (χ0n) is 19.3. The number of amides is 1. The number of hydrogen-bond acceptors (Lipinski definition) is 5. The van der Waals surface area contributed by atoms with Crippen molar-refractivity contribution in [2.24, 2.45) is 5.92 Å². The molecule has 1 amide bonds. The van der Waals surface area contributed by atoms with Crippen LogP contribution in [0.2, 0.25) is 0 Å². The van der Waals surface area contributed by atoms with E-state index in [1.54, 1.807) is 7.11 Å². The SMILES string of the molecule is COc1ccc(CN2CCCc3c(C)nc([C@@H]4CCCN(C(=O)C5CCC5)C4)nc32)cc1. The Hall–Kier alpha value is -2.63. The fraction of sp³-hybridized carbons (Fsp3) is 0.577. The van der Waals surface area contributed by atoms with Crippen LogP contribution in [0, 0.1) is 12.8 Å². The maximum atomic E-state index is 12.8. The standard InChI is InChI=1S/C26H34N4O2/c1-18-23-9-5-14-29(16-19-10-12-22(32-2)13-11-19)25(23)28-24(27-18)21-8-4-15-30(17-21)26(31)20-6-3-7-20/h10-13,20-21H,3-9,14-17H2,1-2H3/t21-/m1/s1. The third-order valence-corrected chi connectivity index (χ3v) is 7.45. The second kappa shape index (κ2) is 9.08. The first-order chi connectivity index (χ1) is 15.6. The Morgan fingerprint density at radius 1 is 1.06 bits per heavy atom. The van der Waals surface area contributed by atoms with Crippen molar-refractivity contribution in [2.75, 3.05) is 31.6 Å². The monoisotopic (exact) mass is 434 g/mol. The number of aryl methyl sites for hydroxylation is 1. The van der Waals surface area contributed by atoms with E-state index in [1.165, 1.54) is 17.5 Å². The van der Waals surface area contributed by atoms with Gasteiger partial charge in [0.2, 0.25) is 5.91 Å². The van der Waals surface area contributed by atoms with Crippen LogP contribution >= 0.6 is 0 Å². The molecule has 3 aliphatic rings. The van der Waals surface area contributed by atoms with Crippen molar-refractivity contribution in [3.63, 3.8) is 0 Å². The predicted molar refractivity (Wildman–Crippen MR) is 125 cm³/mol. The summed E-state index contributed by atoms with van der Waals surface area (Å²) in [4.78, 5) is 27.4. The lowest BCUT2D eigenvalue weighted by molar-refractivity contribution is -0.139. The van der Waals surface area contributed by atoms with E-state index in [0.717, 1.165) is 87.8 Å². The van der Waals surface area contributed by atoms with Gasteiger partial charge in [-0.15, -0.1) is 0 Å². The quantitative estimate of drug-likeness (QED) is 0.704. The normalized spacial score (nSPS) is 21.1. The molecular formula is C26H34N4O2. The second-order valence-electron chi connectivity index (χ2n) is 9.59. The van der Waals surface area contributed by atoms with Crippen LogP contribution in [0.25, 0.3) is 0 Å². The Labute approximate surface area is 191 Å². The van der Waals surface area contributed by atoms with Crippen molar-refractivity contribution in [3.05, 3.63) is 46.9 Å². The summed E-state index contributed by atoms with van der Waals surface area (Å²) in [6.07, 6.45) is 7.59. The molecule has 1 saturated carbocycles. The zero-order chi connectivity index (χ0) is 22.1. The van der Waals surface area contributed by atoms with Crippen LogP contribution in [-0.2, 0) is 17.8 Å². The van der Waals surface area contributed by atoms with Crippen molar-refractivity contribution >= 4 is 11.7 Å². The number of ether oxygens (including phenoxy) is 1. The average molecular weight is 435 g/mol. The average Bonchev–Trinajstić information content (AvgIpc) is 2.79. The number of carbonyl (C=O) groups is 1. The molecule has 32 heavy (non-hydrogen) atoms. The maximum Gasteiger partial charge on any atom is 0.225 e. The van der Waals surface area contributed by atoms with Crippen LogP contribution in [0.4, 0.5) is 5.82 Å². The van der Waals surface area contributed by atoms with E-state index in [0.29, 0.717) is 5.91 Å². The highest BCUT2D eigenvalue weighted by molar-refractivity contribution is 5.79. The predicted octanol–water partition coefficient (Wildman–Crippen LogP) is 4.25. The molecule has 0 radical (unpaired) electrons. The van der Waals surface area contributed by atoms with Gasteiger partial charge in [0.25, 0.3) is 0 Å². The van der Waals surface area contributed by atoms with Gasteiger partial charge in [-0.2, -0.15) is 0 Å². The molecular weight excluding hydrogens is 400 g/mol. The fourth-order valence-corrected chi connectivity index (χ4v) is 5.30. The fourth-order valence-electron chi connectivity index (χ4n) is 5.30. The van der Waals surface area contributed by atoms with Crippen molar-refractivity contribution in [2.45, 2.75) is 64.3 Å². The molecule has 2 aliphatic heterocycles. The summed E-state index contributed by atoms with van der Waals surface area (Å²) >= 11 is 0. The maximum absolute atomic E-state index is 12.8. The van der Waals surface area contributed by atoms with Gasteiger partial charge in [-0.3, -0.25) is 4.79 Å². The molecule has 6 nitrogen and oxygen atoms in total. The molecule has 1 saturated heterocycles. The van der Waals surface area contributed by atoms with Crippen LogP contribution in [0.1, 0.15) is 67.1 Å².